The monoisotopic (exact) mass is 770 g/mol. The van der Waals surface area contributed by atoms with E-state index in [4.69, 9.17) is 11.2 Å². The van der Waals surface area contributed by atoms with Crippen molar-refractivity contribution < 1.29 is 50.6 Å². The molecule has 53 heavy (non-hydrogen) atoms. The Labute approximate surface area is 310 Å². The summed E-state index contributed by atoms with van der Waals surface area (Å²) in [5.74, 6) is -14.2. The first kappa shape index (κ1) is 43.3. The Hall–Kier alpha value is -4.10. The van der Waals surface area contributed by atoms with Crippen LogP contribution in [0.15, 0.2) is 5.38 Å². The molecule has 1 N–H and O–H groups in total. The van der Waals surface area contributed by atoms with Gasteiger partial charge in [0.05, 0.1) is 6.04 Å². The third-order valence-electron chi connectivity index (χ3n) is 9.41. The van der Waals surface area contributed by atoms with Crippen LogP contribution in [0.2, 0.25) is 0 Å². The molecule has 2 heterocycles. The topological polar surface area (TPSA) is 118 Å². The van der Waals surface area contributed by atoms with Crippen molar-refractivity contribution in [3.63, 3.8) is 0 Å². The maximum Gasteiger partial charge on any atom is 0.363 e. The van der Waals surface area contributed by atoms with Crippen molar-refractivity contribution in [1.82, 2.24) is 20.1 Å². The molecule has 2 aromatic rings. The van der Waals surface area contributed by atoms with Crippen molar-refractivity contribution in [1.29, 1.82) is 0 Å². The number of nitrogens with zero attached hydrogens (tertiary/aromatic N) is 3. The lowest BCUT2D eigenvalue weighted by Gasteiger charge is -2.40. The molecule has 0 unspecified atom stereocenters. The second-order valence-electron chi connectivity index (χ2n) is 13.6. The molecule has 1 aromatic heterocycles. The Kier molecular flexibility index (Phi) is 16.2. The van der Waals surface area contributed by atoms with E-state index >= 15 is 0 Å². The highest BCUT2D eigenvalue weighted by molar-refractivity contribution is 7.09. The fourth-order valence-corrected chi connectivity index (χ4v) is 7.02. The summed E-state index contributed by atoms with van der Waals surface area (Å²) in [6, 6.07) is -1.85. The number of rotatable bonds is 17. The second-order valence-corrected chi connectivity index (χ2v) is 14.5. The molecule has 3 rings (SSSR count). The number of esters is 2. The van der Waals surface area contributed by atoms with E-state index in [1.165, 1.54) is 0 Å². The molecule has 1 saturated heterocycles. The molecule has 1 aromatic carbocycles. The van der Waals surface area contributed by atoms with Crippen LogP contribution in [0, 0.1) is 53.3 Å². The van der Waals surface area contributed by atoms with E-state index in [0.29, 0.717) is 32.1 Å². The maximum absolute atomic E-state index is 14.6. The van der Waals surface area contributed by atoms with Gasteiger partial charge in [-0.25, -0.2) is 22.9 Å². The normalized spacial score (nSPS) is 17.0. The molecule has 2 amide bonds. The Morgan fingerprint density at radius 3 is 2.26 bits per heavy atom. The Morgan fingerprint density at radius 1 is 1.06 bits per heavy atom. The van der Waals surface area contributed by atoms with E-state index in [-0.39, 0.29) is 47.7 Å². The number of likely N-dealkylation sites (tertiary alicyclic amines) is 1. The van der Waals surface area contributed by atoms with Gasteiger partial charge in [-0.3, -0.25) is 19.3 Å². The quantitative estimate of drug-likeness (QED) is 0.0359. The largest absolute Gasteiger partial charge is 0.455 e. The van der Waals surface area contributed by atoms with Crippen LogP contribution in [-0.4, -0.2) is 76.8 Å². The maximum atomic E-state index is 14.6. The van der Waals surface area contributed by atoms with E-state index in [1.54, 1.807) is 4.90 Å². The molecular formula is C37H47F5N4O6S. The number of carbonyl (C=O) groups excluding carboxylic acids is 4. The number of aromatic nitrogens is 1. The fraction of sp³-hybridized carbons (Fsp3) is 0.595. The third-order valence-corrected chi connectivity index (χ3v) is 10.3. The van der Waals surface area contributed by atoms with Crippen LogP contribution in [0.4, 0.5) is 22.0 Å². The average molecular weight is 771 g/mol. The molecule has 0 radical (unpaired) electrons. The van der Waals surface area contributed by atoms with Crippen molar-refractivity contribution in [3.8, 4) is 18.1 Å². The summed E-state index contributed by atoms with van der Waals surface area (Å²) < 4.78 is 79.5. The molecular weight excluding hydrogens is 723 g/mol. The number of hydrogen-bond acceptors (Lipinski definition) is 9. The Bertz CT molecular complexity index is 1640. The van der Waals surface area contributed by atoms with Crippen LogP contribution < -0.4 is 10.1 Å². The number of ether oxygens (including phenoxy) is 2. The molecule has 5 atom stereocenters. The lowest BCUT2D eigenvalue weighted by Crippen LogP contribution is -2.59. The van der Waals surface area contributed by atoms with Gasteiger partial charge in [-0.1, -0.05) is 40.5 Å². The van der Waals surface area contributed by atoms with Gasteiger partial charge in [0.15, 0.2) is 11.8 Å². The standard InChI is InChI=1S/C37H47F5N4O6S/c1-8-10-11-13-17-46(36(49)32(21(5)9-2)44-34(48)24-15-12-14-16-45(24)7)25(20(3)4)18-26(51-22(6)47)35-43-23(19-53-35)37(50)52-33-30(41)28(39)27(38)29(40)31(33)42/h1,19-21,24-26,32H,9-18H2,2-7H3,(H,44,48)/t21-,24+,25+,26+,32-/m0/s1. The van der Waals surface area contributed by atoms with Crippen molar-refractivity contribution in [3.05, 3.63) is 45.2 Å². The van der Waals surface area contributed by atoms with Crippen molar-refractivity contribution >= 4 is 35.1 Å². The molecule has 0 saturated carbocycles. The molecule has 10 nitrogen and oxygen atoms in total. The highest BCUT2D eigenvalue weighted by atomic mass is 32.1. The third kappa shape index (κ3) is 11.0. The lowest BCUT2D eigenvalue weighted by molar-refractivity contribution is -0.149. The van der Waals surface area contributed by atoms with E-state index in [2.05, 4.69) is 21.0 Å². The summed E-state index contributed by atoms with van der Waals surface area (Å²) in [5.41, 5.74) is -0.554. The van der Waals surface area contributed by atoms with Crippen LogP contribution in [0.1, 0.15) is 108 Å². The van der Waals surface area contributed by atoms with Crippen LogP contribution in [0.5, 0.6) is 5.75 Å². The van der Waals surface area contributed by atoms with Gasteiger partial charge in [-0.05, 0) is 51.1 Å². The number of halogens is 5. The SMILES string of the molecule is C#CCCCCN(C(=O)[C@@H](NC(=O)[C@H]1CCCCN1C)[C@@H](C)CC)[C@H](C[C@@H](OC(C)=O)c1nc(C(=O)Oc2c(F)c(F)c(F)c(F)c2F)cs1)C(C)C. The first-order valence-electron chi connectivity index (χ1n) is 17.6. The predicted molar refractivity (Wildman–Crippen MR) is 187 cm³/mol. The molecule has 0 spiro atoms. The number of hydrogen-bond donors (Lipinski definition) is 1. The smallest absolute Gasteiger partial charge is 0.363 e. The van der Waals surface area contributed by atoms with E-state index < -0.39 is 70.7 Å². The summed E-state index contributed by atoms with van der Waals surface area (Å²) in [6.07, 6.45) is 9.09. The van der Waals surface area contributed by atoms with Crippen molar-refractivity contribution in [2.24, 2.45) is 11.8 Å². The summed E-state index contributed by atoms with van der Waals surface area (Å²) in [7, 11) is 1.88. The Morgan fingerprint density at radius 2 is 1.70 bits per heavy atom. The lowest BCUT2D eigenvalue weighted by atomic mass is 9.91. The zero-order chi connectivity index (χ0) is 39.6. The number of amides is 2. The van der Waals surface area contributed by atoms with Crippen LogP contribution in [0.3, 0.4) is 0 Å². The summed E-state index contributed by atoms with van der Waals surface area (Å²) in [6.45, 7) is 9.75. The van der Waals surface area contributed by atoms with Gasteiger partial charge in [-0.2, -0.15) is 8.78 Å². The zero-order valence-electron chi connectivity index (χ0n) is 30.8. The number of thiazole rings is 1. The highest BCUT2D eigenvalue weighted by Gasteiger charge is 2.39. The van der Waals surface area contributed by atoms with Gasteiger partial charge in [0.25, 0.3) is 0 Å². The summed E-state index contributed by atoms with van der Waals surface area (Å²) in [5, 5.41) is 4.20. The van der Waals surface area contributed by atoms with Gasteiger partial charge in [0.1, 0.15) is 11.0 Å². The van der Waals surface area contributed by atoms with Gasteiger partial charge in [0, 0.05) is 37.7 Å². The molecule has 1 fully saturated rings. The minimum absolute atomic E-state index is 0.00962. The number of carbonyl (C=O) groups is 4. The van der Waals surface area contributed by atoms with Gasteiger partial charge in [-0.15, -0.1) is 23.7 Å². The number of terminal acetylenes is 1. The Balaban J connectivity index is 1.96. The average Bonchev–Trinajstić information content (AvgIpc) is 3.63. The molecule has 1 aliphatic heterocycles. The molecule has 0 aliphatic carbocycles. The van der Waals surface area contributed by atoms with E-state index in [0.717, 1.165) is 43.0 Å². The molecule has 16 heteroatoms. The first-order chi connectivity index (χ1) is 25.0. The number of likely N-dealkylation sites (N-methyl/N-ethyl adjacent to an activating group) is 1. The van der Waals surface area contributed by atoms with Crippen LogP contribution >= 0.6 is 11.3 Å². The minimum Gasteiger partial charge on any atom is -0.455 e. The van der Waals surface area contributed by atoms with Gasteiger partial charge >= 0.3 is 11.9 Å². The number of nitrogens with one attached hydrogen (secondary N) is 1. The van der Waals surface area contributed by atoms with Gasteiger partial charge < -0.3 is 19.7 Å². The second kappa shape index (κ2) is 19.8. The fourth-order valence-electron chi connectivity index (χ4n) is 6.19. The predicted octanol–water partition coefficient (Wildman–Crippen LogP) is 6.72. The van der Waals surface area contributed by atoms with Crippen LogP contribution in [-0.2, 0) is 19.1 Å². The first-order valence-corrected chi connectivity index (χ1v) is 18.5. The van der Waals surface area contributed by atoms with Crippen molar-refractivity contribution in [2.45, 2.75) is 110 Å². The van der Waals surface area contributed by atoms with E-state index in [1.807, 2.05) is 39.6 Å². The van der Waals surface area contributed by atoms with Crippen LogP contribution in [0.25, 0.3) is 0 Å². The van der Waals surface area contributed by atoms with Crippen molar-refractivity contribution in [2.75, 3.05) is 20.1 Å². The van der Waals surface area contributed by atoms with Gasteiger partial charge in [0.2, 0.25) is 46.6 Å². The highest BCUT2D eigenvalue weighted by Crippen LogP contribution is 2.33. The molecule has 0 bridgehead atoms. The molecule has 292 valence electrons. The summed E-state index contributed by atoms with van der Waals surface area (Å²) in [4.78, 5) is 61.1. The summed E-state index contributed by atoms with van der Waals surface area (Å²) >= 11 is 0.821. The minimum atomic E-state index is -2.42. The zero-order valence-corrected chi connectivity index (χ0v) is 31.6. The number of unbranched alkanes of at least 4 members (excludes halogenated alkanes) is 2. The number of benzene rings is 1. The number of piperidine rings is 1. The molecule has 1 aliphatic rings. The van der Waals surface area contributed by atoms with E-state index in [9.17, 15) is 41.1 Å².